The van der Waals surface area contributed by atoms with Crippen molar-refractivity contribution in [2.45, 2.75) is 26.4 Å². The number of hydrogen-bond donors (Lipinski definition) is 1. The number of amides is 1. The van der Waals surface area contributed by atoms with Crippen molar-refractivity contribution in [2.75, 3.05) is 0 Å². The first-order valence-electron chi connectivity index (χ1n) is 11.5. The van der Waals surface area contributed by atoms with Crippen LogP contribution >= 0.6 is 27.7 Å². The van der Waals surface area contributed by atoms with Crippen molar-refractivity contribution in [1.29, 1.82) is 0 Å². The number of nitro groups is 1. The SMILES string of the molecule is C=CCc1cc(/C=C2\SC(=Nc3ccc(CC)cc3)NC2=O)cc(Br)c1OCc1ccc([N+](=O)[O-])cc1. The number of ether oxygens (including phenoxy) is 1. The Kier molecular flexibility index (Phi) is 8.58. The molecule has 4 rings (SSSR count). The zero-order chi connectivity index (χ0) is 26.4. The second-order valence-electron chi connectivity index (χ2n) is 8.20. The molecule has 188 valence electrons. The third-order valence-corrected chi connectivity index (χ3v) is 7.06. The Bertz CT molecular complexity index is 1400. The standard InChI is InChI=1S/C28H24BrN3O4S/c1-3-5-21-14-20(15-24(29)26(21)36-17-19-8-12-23(13-9-19)32(34)35)16-25-27(33)31-28(37-25)30-22-10-6-18(4-2)7-11-22/h3,6-16H,1,4-5,17H2,2H3,(H,30,31,33)/b25-16-. The van der Waals surface area contributed by atoms with Crippen molar-refractivity contribution in [2.24, 2.45) is 4.99 Å². The minimum atomic E-state index is -0.433. The van der Waals surface area contributed by atoms with E-state index in [9.17, 15) is 14.9 Å². The summed E-state index contributed by atoms with van der Waals surface area (Å²) in [5, 5.41) is 14.2. The molecule has 7 nitrogen and oxygen atoms in total. The van der Waals surface area contributed by atoms with E-state index in [-0.39, 0.29) is 18.2 Å². The van der Waals surface area contributed by atoms with Gasteiger partial charge >= 0.3 is 0 Å². The van der Waals surface area contributed by atoms with Gasteiger partial charge in [0, 0.05) is 12.1 Å². The zero-order valence-electron chi connectivity index (χ0n) is 20.1. The number of halogens is 1. The van der Waals surface area contributed by atoms with Crippen molar-refractivity contribution in [3.05, 3.63) is 115 Å². The fraction of sp³-hybridized carbons (Fsp3) is 0.143. The van der Waals surface area contributed by atoms with E-state index < -0.39 is 4.92 Å². The number of allylic oxidation sites excluding steroid dienone is 1. The molecule has 9 heteroatoms. The van der Waals surface area contributed by atoms with Gasteiger partial charge in [-0.1, -0.05) is 25.1 Å². The third kappa shape index (κ3) is 6.75. The Morgan fingerprint density at radius 3 is 2.49 bits per heavy atom. The molecule has 0 saturated carbocycles. The van der Waals surface area contributed by atoms with Gasteiger partial charge in [-0.05, 0) is 105 Å². The van der Waals surface area contributed by atoms with Gasteiger partial charge < -0.3 is 10.1 Å². The number of hydrogen-bond acceptors (Lipinski definition) is 6. The first kappa shape index (κ1) is 26.4. The first-order chi connectivity index (χ1) is 17.9. The lowest BCUT2D eigenvalue weighted by atomic mass is 10.1. The van der Waals surface area contributed by atoms with E-state index in [1.807, 2.05) is 42.5 Å². The quantitative estimate of drug-likeness (QED) is 0.126. The molecular weight excluding hydrogens is 554 g/mol. The van der Waals surface area contributed by atoms with E-state index >= 15 is 0 Å². The van der Waals surface area contributed by atoms with Crippen molar-refractivity contribution in [3.63, 3.8) is 0 Å². The van der Waals surface area contributed by atoms with E-state index in [4.69, 9.17) is 4.74 Å². The van der Waals surface area contributed by atoms with Gasteiger partial charge in [-0.15, -0.1) is 6.58 Å². The van der Waals surface area contributed by atoms with Crippen LogP contribution in [-0.4, -0.2) is 16.0 Å². The summed E-state index contributed by atoms with van der Waals surface area (Å²) in [6, 6.07) is 18.0. The summed E-state index contributed by atoms with van der Waals surface area (Å²) in [4.78, 5) is 28.1. The van der Waals surface area contributed by atoms with Gasteiger partial charge in [0.25, 0.3) is 11.6 Å². The summed E-state index contributed by atoms with van der Waals surface area (Å²) in [5.74, 6) is 0.454. The molecule has 0 aromatic heterocycles. The number of thioether (sulfide) groups is 1. The third-order valence-electron chi connectivity index (χ3n) is 5.56. The van der Waals surface area contributed by atoms with Crippen LogP contribution in [0.1, 0.15) is 29.2 Å². The number of nitro benzene ring substituents is 1. The van der Waals surface area contributed by atoms with E-state index in [1.165, 1.54) is 29.5 Å². The average molecular weight is 578 g/mol. The normalized spacial score (nSPS) is 15.1. The monoisotopic (exact) mass is 577 g/mol. The highest BCUT2D eigenvalue weighted by Gasteiger charge is 2.24. The Morgan fingerprint density at radius 1 is 1.14 bits per heavy atom. The number of aryl methyl sites for hydroxylation is 1. The fourth-order valence-electron chi connectivity index (χ4n) is 3.65. The molecule has 0 spiro atoms. The predicted molar refractivity (Wildman–Crippen MR) is 152 cm³/mol. The van der Waals surface area contributed by atoms with Crippen LogP contribution in [0.2, 0.25) is 0 Å². The number of nitrogens with zero attached hydrogens (tertiary/aromatic N) is 2. The number of non-ortho nitro benzene ring substituents is 1. The van der Waals surface area contributed by atoms with E-state index in [0.29, 0.717) is 22.2 Å². The average Bonchev–Trinajstić information content (AvgIpc) is 3.22. The molecule has 1 aliphatic rings. The predicted octanol–water partition coefficient (Wildman–Crippen LogP) is 7.12. The zero-order valence-corrected chi connectivity index (χ0v) is 22.5. The Morgan fingerprint density at radius 2 is 1.84 bits per heavy atom. The summed E-state index contributed by atoms with van der Waals surface area (Å²) < 4.78 is 6.79. The van der Waals surface area contributed by atoms with Crippen molar-refractivity contribution >= 4 is 56.2 Å². The lowest BCUT2D eigenvalue weighted by Crippen LogP contribution is -2.19. The number of benzene rings is 3. The maximum atomic E-state index is 12.6. The number of rotatable bonds is 9. The molecule has 0 radical (unpaired) electrons. The highest BCUT2D eigenvalue weighted by Crippen LogP contribution is 2.35. The largest absolute Gasteiger partial charge is 0.487 e. The molecule has 1 fully saturated rings. The van der Waals surface area contributed by atoms with Crippen LogP contribution in [0.5, 0.6) is 5.75 Å². The van der Waals surface area contributed by atoms with E-state index in [0.717, 1.165) is 33.3 Å². The number of nitrogens with one attached hydrogen (secondary N) is 1. The van der Waals surface area contributed by atoms with Crippen LogP contribution in [0.25, 0.3) is 6.08 Å². The molecule has 1 aliphatic heterocycles. The molecule has 3 aromatic rings. The van der Waals surface area contributed by atoms with Crippen molar-refractivity contribution in [1.82, 2.24) is 5.32 Å². The van der Waals surface area contributed by atoms with Gasteiger partial charge in [0.1, 0.15) is 12.4 Å². The molecule has 0 atom stereocenters. The second-order valence-corrected chi connectivity index (χ2v) is 10.1. The molecule has 1 amide bonds. The molecule has 37 heavy (non-hydrogen) atoms. The van der Waals surface area contributed by atoms with Gasteiger partial charge in [-0.3, -0.25) is 14.9 Å². The Labute approximate surface area is 227 Å². The number of aliphatic imine (C=N–C) groups is 1. The Balaban J connectivity index is 1.52. The number of carbonyl (C=O) groups is 1. The number of carbonyl (C=O) groups excluding carboxylic acids is 1. The minimum Gasteiger partial charge on any atom is -0.487 e. The molecule has 1 N–H and O–H groups in total. The van der Waals surface area contributed by atoms with Gasteiger partial charge in [-0.2, -0.15) is 0 Å². The smallest absolute Gasteiger partial charge is 0.269 e. The maximum absolute atomic E-state index is 12.6. The fourth-order valence-corrected chi connectivity index (χ4v) is 5.13. The molecule has 1 heterocycles. The highest BCUT2D eigenvalue weighted by atomic mass is 79.9. The van der Waals surface area contributed by atoms with Crippen LogP contribution < -0.4 is 10.1 Å². The molecular formula is C28H24BrN3O4S. The van der Waals surface area contributed by atoms with E-state index in [1.54, 1.807) is 18.2 Å². The van der Waals surface area contributed by atoms with Crippen LogP contribution in [0.3, 0.4) is 0 Å². The van der Waals surface area contributed by atoms with Gasteiger partial charge in [0.15, 0.2) is 5.17 Å². The molecule has 0 bridgehead atoms. The van der Waals surface area contributed by atoms with Crippen molar-refractivity contribution in [3.8, 4) is 5.75 Å². The van der Waals surface area contributed by atoms with E-state index in [2.05, 4.69) is 39.7 Å². The summed E-state index contributed by atoms with van der Waals surface area (Å²) in [7, 11) is 0. The molecule has 0 aliphatic carbocycles. The summed E-state index contributed by atoms with van der Waals surface area (Å²) in [6.45, 7) is 6.19. The van der Waals surface area contributed by atoms with Crippen LogP contribution in [-0.2, 0) is 24.2 Å². The second kappa shape index (κ2) is 12.0. The van der Waals surface area contributed by atoms with Gasteiger partial charge in [0.05, 0.1) is 20.0 Å². The topological polar surface area (TPSA) is 93.8 Å². The lowest BCUT2D eigenvalue weighted by molar-refractivity contribution is -0.384. The van der Waals surface area contributed by atoms with Crippen molar-refractivity contribution < 1.29 is 14.5 Å². The van der Waals surface area contributed by atoms with Gasteiger partial charge in [0.2, 0.25) is 0 Å². The minimum absolute atomic E-state index is 0.0334. The first-order valence-corrected chi connectivity index (χ1v) is 13.1. The van der Waals surface area contributed by atoms with Gasteiger partial charge in [-0.25, -0.2) is 4.99 Å². The Hall–Kier alpha value is -3.69. The number of amidine groups is 1. The maximum Gasteiger partial charge on any atom is 0.269 e. The highest BCUT2D eigenvalue weighted by molar-refractivity contribution is 9.10. The molecule has 3 aromatic carbocycles. The molecule has 1 saturated heterocycles. The molecule has 0 unspecified atom stereocenters. The van der Waals surface area contributed by atoms with Crippen LogP contribution in [0, 0.1) is 10.1 Å². The summed E-state index contributed by atoms with van der Waals surface area (Å²) >= 11 is 4.89. The lowest BCUT2D eigenvalue weighted by Gasteiger charge is -2.14. The summed E-state index contributed by atoms with van der Waals surface area (Å²) in [6.07, 6.45) is 5.12. The summed E-state index contributed by atoms with van der Waals surface area (Å²) in [5.41, 5.74) is 4.58. The van der Waals surface area contributed by atoms with Crippen LogP contribution in [0.4, 0.5) is 11.4 Å². The van der Waals surface area contributed by atoms with Crippen LogP contribution in [0.15, 0.2) is 87.7 Å².